The number of carbonyl (C=O) groups is 1. The summed E-state index contributed by atoms with van der Waals surface area (Å²) in [5, 5.41) is 8.66. The monoisotopic (exact) mass is 313 g/mol. The van der Waals surface area contributed by atoms with Gasteiger partial charge in [0.1, 0.15) is 0 Å². The molecule has 0 saturated carbocycles. The Bertz CT molecular complexity index is 738. The van der Waals surface area contributed by atoms with Gasteiger partial charge in [-0.2, -0.15) is 4.98 Å². The lowest BCUT2D eigenvalue weighted by atomic mass is 10.0. The van der Waals surface area contributed by atoms with E-state index in [-0.39, 0.29) is 18.4 Å². The molecule has 5 nitrogen and oxygen atoms in total. The quantitative estimate of drug-likeness (QED) is 0.785. The summed E-state index contributed by atoms with van der Waals surface area (Å²) in [6, 6.07) is 13.5. The van der Waals surface area contributed by atoms with Gasteiger partial charge in [-0.15, -0.1) is 11.3 Å². The predicted octanol–water partition coefficient (Wildman–Crippen LogP) is 3.22. The summed E-state index contributed by atoms with van der Waals surface area (Å²) in [5.41, 5.74) is 0.979. The second-order valence-corrected chi connectivity index (χ2v) is 5.79. The van der Waals surface area contributed by atoms with Crippen LogP contribution in [0.3, 0.4) is 0 Å². The number of hydrogen-bond donors (Lipinski definition) is 1. The number of nitrogens with zero attached hydrogens (tertiary/aromatic N) is 2. The van der Waals surface area contributed by atoms with Gasteiger partial charge in [-0.25, -0.2) is 0 Å². The van der Waals surface area contributed by atoms with E-state index >= 15 is 0 Å². The van der Waals surface area contributed by atoms with Gasteiger partial charge in [-0.3, -0.25) is 4.79 Å². The Labute approximate surface area is 132 Å². The lowest BCUT2D eigenvalue weighted by Gasteiger charge is -2.11. The predicted molar refractivity (Wildman–Crippen MR) is 84.3 cm³/mol. The van der Waals surface area contributed by atoms with Gasteiger partial charge < -0.3 is 9.84 Å². The van der Waals surface area contributed by atoms with E-state index in [9.17, 15) is 4.79 Å². The highest BCUT2D eigenvalue weighted by Gasteiger charge is 2.16. The van der Waals surface area contributed by atoms with Crippen LogP contribution in [0.5, 0.6) is 0 Å². The molecule has 112 valence electrons. The molecule has 0 aliphatic heterocycles. The van der Waals surface area contributed by atoms with Crippen LogP contribution < -0.4 is 5.32 Å². The number of carbonyl (C=O) groups excluding carboxylic acids is 1. The smallest absolute Gasteiger partial charge is 0.268 e. The fraction of sp³-hybridized carbons (Fsp3) is 0.188. The third kappa shape index (κ3) is 3.23. The topological polar surface area (TPSA) is 68.0 Å². The first-order valence-corrected chi connectivity index (χ1v) is 7.81. The van der Waals surface area contributed by atoms with Crippen LogP contribution in [0.15, 0.2) is 52.4 Å². The third-order valence-corrected chi connectivity index (χ3v) is 4.17. The van der Waals surface area contributed by atoms with E-state index in [1.54, 1.807) is 0 Å². The molecule has 1 atom stereocenters. The van der Waals surface area contributed by atoms with Gasteiger partial charge in [0.05, 0.1) is 17.3 Å². The molecular weight excluding hydrogens is 298 g/mol. The van der Waals surface area contributed by atoms with Gasteiger partial charge in [0, 0.05) is 0 Å². The van der Waals surface area contributed by atoms with Gasteiger partial charge in [0.15, 0.2) is 5.82 Å². The first-order chi connectivity index (χ1) is 10.7. The number of amides is 1. The van der Waals surface area contributed by atoms with Crippen molar-refractivity contribution < 1.29 is 9.32 Å². The maximum Gasteiger partial charge on any atom is 0.268 e. The molecule has 3 aromatic rings. The van der Waals surface area contributed by atoms with Crippen LogP contribution in [0, 0.1) is 0 Å². The van der Waals surface area contributed by atoms with Crippen LogP contribution in [0.2, 0.25) is 0 Å². The van der Waals surface area contributed by atoms with Crippen LogP contribution in [0.4, 0.5) is 0 Å². The molecule has 0 aliphatic rings. The second kappa shape index (κ2) is 6.53. The van der Waals surface area contributed by atoms with Gasteiger partial charge in [-0.1, -0.05) is 41.6 Å². The van der Waals surface area contributed by atoms with Crippen LogP contribution in [-0.2, 0) is 11.3 Å². The lowest BCUT2D eigenvalue weighted by molar-refractivity contribution is -0.122. The summed E-state index contributed by atoms with van der Waals surface area (Å²) in [4.78, 5) is 17.4. The molecule has 0 aliphatic carbocycles. The van der Waals surface area contributed by atoms with Gasteiger partial charge in [0.25, 0.3) is 5.89 Å². The minimum absolute atomic E-state index is 0.0614. The fourth-order valence-electron chi connectivity index (χ4n) is 2.04. The average Bonchev–Trinajstić information content (AvgIpc) is 3.23. The molecule has 0 saturated heterocycles. The lowest BCUT2D eigenvalue weighted by Crippen LogP contribution is -2.27. The Balaban J connectivity index is 1.59. The molecule has 3 rings (SSSR count). The Kier molecular flexibility index (Phi) is 4.29. The number of nitrogens with one attached hydrogen (secondary N) is 1. The minimum atomic E-state index is -0.218. The standard InChI is InChI=1S/C16H15N3O2S/c1-11(12-6-3-2-4-7-12)15(20)17-10-14-18-16(21-19-14)13-8-5-9-22-13/h2-9,11H,10H2,1H3,(H,17,20)/t11-/m0/s1. The van der Waals surface area contributed by atoms with Gasteiger partial charge in [0.2, 0.25) is 5.91 Å². The molecule has 0 spiro atoms. The van der Waals surface area contributed by atoms with E-state index in [0.29, 0.717) is 11.7 Å². The third-order valence-electron chi connectivity index (χ3n) is 3.31. The van der Waals surface area contributed by atoms with Crippen LogP contribution in [0.1, 0.15) is 24.2 Å². The fourth-order valence-corrected chi connectivity index (χ4v) is 2.68. The Morgan fingerprint density at radius 2 is 2.09 bits per heavy atom. The van der Waals surface area contributed by atoms with E-state index in [1.165, 1.54) is 11.3 Å². The second-order valence-electron chi connectivity index (χ2n) is 4.84. The van der Waals surface area contributed by atoms with Crippen molar-refractivity contribution in [2.75, 3.05) is 0 Å². The molecular formula is C16H15N3O2S. The number of benzene rings is 1. The zero-order chi connectivity index (χ0) is 15.4. The molecule has 0 bridgehead atoms. The summed E-state index contributed by atoms with van der Waals surface area (Å²) in [5.74, 6) is 0.672. The summed E-state index contributed by atoms with van der Waals surface area (Å²) in [6.07, 6.45) is 0. The molecule has 6 heteroatoms. The van der Waals surface area contributed by atoms with Crippen molar-refractivity contribution in [3.05, 3.63) is 59.2 Å². The number of aromatic nitrogens is 2. The average molecular weight is 313 g/mol. The van der Waals surface area contributed by atoms with Crippen molar-refractivity contribution in [2.45, 2.75) is 19.4 Å². The summed E-state index contributed by atoms with van der Waals surface area (Å²) in [7, 11) is 0. The normalized spacial score (nSPS) is 12.0. The molecule has 0 fully saturated rings. The molecule has 2 aromatic heterocycles. The van der Waals surface area contributed by atoms with E-state index in [2.05, 4.69) is 15.5 Å². The van der Waals surface area contributed by atoms with Crippen molar-refractivity contribution in [1.82, 2.24) is 15.5 Å². The van der Waals surface area contributed by atoms with Crippen LogP contribution >= 0.6 is 11.3 Å². The molecule has 22 heavy (non-hydrogen) atoms. The van der Waals surface area contributed by atoms with Crippen LogP contribution in [0.25, 0.3) is 10.8 Å². The van der Waals surface area contributed by atoms with Crippen molar-refractivity contribution in [2.24, 2.45) is 0 Å². The highest BCUT2D eigenvalue weighted by molar-refractivity contribution is 7.13. The summed E-state index contributed by atoms with van der Waals surface area (Å²) >= 11 is 1.53. The van der Waals surface area contributed by atoms with E-state index < -0.39 is 0 Å². The Hall–Kier alpha value is -2.47. The molecule has 2 heterocycles. The van der Waals surface area contributed by atoms with E-state index in [1.807, 2.05) is 54.8 Å². The first-order valence-electron chi connectivity index (χ1n) is 6.93. The Morgan fingerprint density at radius 1 is 1.27 bits per heavy atom. The summed E-state index contributed by atoms with van der Waals surface area (Å²) in [6.45, 7) is 2.13. The number of rotatable bonds is 5. The molecule has 1 N–H and O–H groups in total. The minimum Gasteiger partial charge on any atom is -0.348 e. The number of thiophene rings is 1. The zero-order valence-electron chi connectivity index (χ0n) is 12.0. The van der Waals surface area contributed by atoms with Gasteiger partial charge in [-0.05, 0) is 23.9 Å². The van der Waals surface area contributed by atoms with Crippen molar-refractivity contribution in [1.29, 1.82) is 0 Å². The molecule has 0 unspecified atom stereocenters. The van der Waals surface area contributed by atoms with E-state index in [4.69, 9.17) is 4.52 Å². The molecule has 0 radical (unpaired) electrons. The van der Waals surface area contributed by atoms with Crippen molar-refractivity contribution in [3.63, 3.8) is 0 Å². The number of hydrogen-bond acceptors (Lipinski definition) is 5. The zero-order valence-corrected chi connectivity index (χ0v) is 12.8. The largest absolute Gasteiger partial charge is 0.348 e. The Morgan fingerprint density at radius 3 is 2.82 bits per heavy atom. The van der Waals surface area contributed by atoms with Crippen molar-refractivity contribution in [3.8, 4) is 10.8 Å². The maximum atomic E-state index is 12.2. The molecule has 1 aromatic carbocycles. The highest BCUT2D eigenvalue weighted by atomic mass is 32.1. The van der Waals surface area contributed by atoms with E-state index in [0.717, 1.165) is 10.4 Å². The van der Waals surface area contributed by atoms with Crippen LogP contribution in [-0.4, -0.2) is 16.0 Å². The summed E-state index contributed by atoms with van der Waals surface area (Å²) < 4.78 is 5.18. The first kappa shape index (κ1) is 14.5. The SMILES string of the molecule is C[C@H](C(=O)NCc1noc(-c2cccs2)n1)c1ccccc1. The maximum absolute atomic E-state index is 12.2. The van der Waals surface area contributed by atoms with Gasteiger partial charge >= 0.3 is 0 Å². The highest BCUT2D eigenvalue weighted by Crippen LogP contribution is 2.22. The molecule has 1 amide bonds. The van der Waals surface area contributed by atoms with Crippen molar-refractivity contribution >= 4 is 17.2 Å².